The van der Waals surface area contributed by atoms with Gasteiger partial charge in [0.05, 0.1) is 18.7 Å². The van der Waals surface area contributed by atoms with Gasteiger partial charge in [0, 0.05) is 0 Å². The Morgan fingerprint density at radius 2 is 1.76 bits per heavy atom. The van der Waals surface area contributed by atoms with E-state index in [1.54, 1.807) is 0 Å². The van der Waals surface area contributed by atoms with Crippen molar-refractivity contribution in [2.24, 2.45) is 0 Å². The van der Waals surface area contributed by atoms with Crippen molar-refractivity contribution in [3.8, 4) is 0 Å². The Morgan fingerprint density at radius 1 is 1.10 bits per heavy atom. The van der Waals surface area contributed by atoms with Crippen molar-refractivity contribution in [1.82, 2.24) is 4.90 Å². The molecule has 2 heterocycles. The molecule has 2 aromatic carbocycles. The monoisotopic (exact) mass is 279 g/mol. The zero-order valence-corrected chi connectivity index (χ0v) is 12.0. The standard InChI is InChI=1S/C18H17NO2/c1-2-21-18(20)19-16-11-12-7-3-4-8-13(12)17(19)15-10-6-5-9-14(15)16/h3-10,16-17H,2,11H2,1H3. The number of benzene rings is 2. The summed E-state index contributed by atoms with van der Waals surface area (Å²) in [4.78, 5) is 14.4. The van der Waals surface area contributed by atoms with Crippen molar-refractivity contribution in [1.29, 1.82) is 0 Å². The van der Waals surface area contributed by atoms with Gasteiger partial charge in [0.25, 0.3) is 0 Å². The average Bonchev–Trinajstić information content (AvgIpc) is 2.76. The number of nitrogens with zero attached hydrogens (tertiary/aromatic N) is 1. The highest BCUT2D eigenvalue weighted by Gasteiger charge is 2.46. The van der Waals surface area contributed by atoms with Crippen LogP contribution in [0.2, 0.25) is 0 Å². The third kappa shape index (κ3) is 1.70. The molecule has 0 fully saturated rings. The highest BCUT2D eigenvalue weighted by Crippen LogP contribution is 2.51. The molecular weight excluding hydrogens is 262 g/mol. The summed E-state index contributed by atoms with van der Waals surface area (Å²) in [5, 5.41) is 0. The Morgan fingerprint density at radius 3 is 2.52 bits per heavy atom. The van der Waals surface area contributed by atoms with Crippen LogP contribution in [-0.4, -0.2) is 17.6 Å². The first-order valence-corrected chi connectivity index (χ1v) is 7.43. The van der Waals surface area contributed by atoms with Crippen molar-refractivity contribution < 1.29 is 9.53 Å². The minimum atomic E-state index is -0.210. The van der Waals surface area contributed by atoms with E-state index in [0.29, 0.717) is 6.61 Å². The van der Waals surface area contributed by atoms with Gasteiger partial charge in [0.2, 0.25) is 0 Å². The Hall–Kier alpha value is -2.29. The van der Waals surface area contributed by atoms with E-state index in [-0.39, 0.29) is 18.2 Å². The Kier molecular flexibility index (Phi) is 2.74. The number of rotatable bonds is 1. The molecule has 0 N–H and O–H groups in total. The Labute approximate surface area is 124 Å². The molecule has 0 aliphatic carbocycles. The molecule has 2 unspecified atom stereocenters. The molecule has 2 aliphatic heterocycles. The second-order valence-corrected chi connectivity index (χ2v) is 5.56. The van der Waals surface area contributed by atoms with Crippen LogP contribution in [0.15, 0.2) is 48.5 Å². The molecule has 2 bridgehead atoms. The fraction of sp³-hybridized carbons (Fsp3) is 0.278. The summed E-state index contributed by atoms with van der Waals surface area (Å²) < 4.78 is 5.30. The minimum absolute atomic E-state index is 0.00444. The van der Waals surface area contributed by atoms with Crippen LogP contribution in [-0.2, 0) is 11.2 Å². The molecule has 0 aromatic heterocycles. The van der Waals surface area contributed by atoms with Crippen molar-refractivity contribution >= 4 is 6.09 Å². The molecule has 3 nitrogen and oxygen atoms in total. The van der Waals surface area contributed by atoms with Gasteiger partial charge >= 0.3 is 6.09 Å². The molecule has 2 atom stereocenters. The van der Waals surface area contributed by atoms with Crippen LogP contribution in [0.3, 0.4) is 0 Å². The van der Waals surface area contributed by atoms with Gasteiger partial charge in [-0.15, -0.1) is 0 Å². The number of amides is 1. The molecule has 0 saturated carbocycles. The summed E-state index contributed by atoms with van der Waals surface area (Å²) in [6.07, 6.45) is 0.654. The van der Waals surface area contributed by atoms with E-state index >= 15 is 0 Å². The lowest BCUT2D eigenvalue weighted by molar-refractivity contribution is 0.0805. The predicted molar refractivity (Wildman–Crippen MR) is 80.0 cm³/mol. The van der Waals surface area contributed by atoms with Gasteiger partial charge in [-0.2, -0.15) is 0 Å². The first kappa shape index (κ1) is 12.5. The molecule has 3 heteroatoms. The number of carbonyl (C=O) groups excluding carboxylic acids is 1. The number of ether oxygens (including phenoxy) is 1. The van der Waals surface area contributed by atoms with Crippen molar-refractivity contribution in [3.63, 3.8) is 0 Å². The molecule has 0 radical (unpaired) electrons. The smallest absolute Gasteiger partial charge is 0.411 e. The fourth-order valence-electron chi connectivity index (χ4n) is 3.69. The van der Waals surface area contributed by atoms with Crippen LogP contribution < -0.4 is 0 Å². The van der Waals surface area contributed by atoms with Gasteiger partial charge in [-0.1, -0.05) is 48.5 Å². The lowest BCUT2D eigenvalue weighted by atomic mass is 9.92. The quantitative estimate of drug-likeness (QED) is 0.793. The molecule has 4 rings (SSSR count). The summed E-state index contributed by atoms with van der Waals surface area (Å²) in [5.74, 6) is 0. The van der Waals surface area contributed by atoms with Crippen LogP contribution in [0.5, 0.6) is 0 Å². The average molecular weight is 279 g/mol. The third-order valence-corrected chi connectivity index (χ3v) is 4.51. The lowest BCUT2D eigenvalue weighted by Crippen LogP contribution is -2.38. The lowest BCUT2D eigenvalue weighted by Gasteiger charge is -2.35. The van der Waals surface area contributed by atoms with Crippen LogP contribution in [0.1, 0.15) is 41.3 Å². The second kappa shape index (κ2) is 4.62. The maximum Gasteiger partial charge on any atom is 0.411 e. The summed E-state index contributed by atoms with van der Waals surface area (Å²) >= 11 is 0. The first-order valence-electron chi connectivity index (χ1n) is 7.43. The number of hydrogen-bond acceptors (Lipinski definition) is 2. The van der Waals surface area contributed by atoms with Gasteiger partial charge in [-0.25, -0.2) is 4.79 Å². The first-order chi connectivity index (χ1) is 10.3. The van der Waals surface area contributed by atoms with E-state index in [0.717, 1.165) is 6.42 Å². The van der Waals surface area contributed by atoms with Crippen LogP contribution in [0.4, 0.5) is 4.79 Å². The predicted octanol–water partition coefficient (Wildman–Crippen LogP) is 3.85. The Balaban J connectivity index is 1.89. The fourth-order valence-corrected chi connectivity index (χ4v) is 3.69. The van der Waals surface area contributed by atoms with Gasteiger partial charge in [0.15, 0.2) is 0 Å². The van der Waals surface area contributed by atoms with Crippen molar-refractivity contribution in [2.75, 3.05) is 6.61 Å². The SMILES string of the molecule is CCOC(=O)N1C2Cc3ccccc3C1c1ccccc12. The maximum atomic E-state index is 12.4. The minimum Gasteiger partial charge on any atom is -0.450 e. The van der Waals surface area contributed by atoms with E-state index < -0.39 is 0 Å². The maximum absolute atomic E-state index is 12.4. The van der Waals surface area contributed by atoms with Gasteiger partial charge < -0.3 is 4.74 Å². The van der Waals surface area contributed by atoms with Crippen molar-refractivity contribution in [2.45, 2.75) is 25.4 Å². The molecule has 21 heavy (non-hydrogen) atoms. The van der Waals surface area contributed by atoms with E-state index in [2.05, 4.69) is 30.3 Å². The molecule has 0 spiro atoms. The molecule has 0 saturated heterocycles. The normalized spacial score (nSPS) is 21.7. The van der Waals surface area contributed by atoms with Gasteiger partial charge in [0.1, 0.15) is 0 Å². The summed E-state index contributed by atoms with van der Waals surface area (Å²) in [6, 6.07) is 16.9. The highest BCUT2D eigenvalue weighted by molar-refractivity contribution is 5.73. The van der Waals surface area contributed by atoms with Gasteiger partial charge in [-0.3, -0.25) is 4.90 Å². The largest absolute Gasteiger partial charge is 0.450 e. The zero-order valence-electron chi connectivity index (χ0n) is 12.0. The Bertz CT molecular complexity index is 699. The van der Waals surface area contributed by atoms with E-state index in [4.69, 9.17) is 4.74 Å². The molecule has 1 amide bonds. The second-order valence-electron chi connectivity index (χ2n) is 5.56. The molecule has 2 aromatic rings. The summed E-state index contributed by atoms with van der Waals surface area (Å²) in [5.41, 5.74) is 5.06. The van der Waals surface area contributed by atoms with Crippen LogP contribution in [0.25, 0.3) is 0 Å². The zero-order chi connectivity index (χ0) is 14.4. The molecule has 2 aliphatic rings. The van der Waals surface area contributed by atoms with Crippen molar-refractivity contribution in [3.05, 3.63) is 70.8 Å². The van der Waals surface area contributed by atoms with E-state index in [9.17, 15) is 4.79 Å². The van der Waals surface area contributed by atoms with E-state index in [1.165, 1.54) is 22.3 Å². The topological polar surface area (TPSA) is 29.5 Å². The number of fused-ring (bicyclic) bond motifs is 7. The third-order valence-electron chi connectivity index (χ3n) is 4.51. The highest BCUT2D eigenvalue weighted by atomic mass is 16.6. The van der Waals surface area contributed by atoms with Crippen LogP contribution >= 0.6 is 0 Å². The van der Waals surface area contributed by atoms with Gasteiger partial charge in [-0.05, 0) is 35.6 Å². The molecule has 106 valence electrons. The molecular formula is C18H17NO2. The van der Waals surface area contributed by atoms with Crippen LogP contribution in [0, 0.1) is 0 Å². The summed E-state index contributed by atoms with van der Waals surface area (Å²) in [7, 11) is 0. The van der Waals surface area contributed by atoms with E-state index in [1.807, 2.05) is 30.0 Å². The number of carbonyl (C=O) groups is 1. The summed E-state index contributed by atoms with van der Waals surface area (Å²) in [6.45, 7) is 2.26. The number of hydrogen-bond donors (Lipinski definition) is 0.